The fraction of sp³-hybridized carbons (Fsp3) is 0.417. The van der Waals surface area contributed by atoms with E-state index in [1.54, 1.807) is 0 Å². The van der Waals surface area contributed by atoms with Crippen molar-refractivity contribution in [1.29, 1.82) is 0 Å². The highest BCUT2D eigenvalue weighted by atomic mass is 16.5. The van der Waals surface area contributed by atoms with E-state index in [1.807, 2.05) is 30.3 Å². The summed E-state index contributed by atoms with van der Waals surface area (Å²) < 4.78 is 4.87. The summed E-state index contributed by atoms with van der Waals surface area (Å²) in [5.74, 6) is -0.823. The lowest BCUT2D eigenvalue weighted by atomic mass is 10.0. The normalized spacial score (nSPS) is 13.2. The highest BCUT2D eigenvalue weighted by Gasteiger charge is 2.32. The van der Waals surface area contributed by atoms with Gasteiger partial charge in [-0.2, -0.15) is 0 Å². The van der Waals surface area contributed by atoms with Crippen molar-refractivity contribution in [3.05, 3.63) is 35.9 Å². The molecule has 88 valence electrons. The van der Waals surface area contributed by atoms with Gasteiger partial charge >= 0.3 is 5.97 Å². The molecular formula is C12H16O4. The van der Waals surface area contributed by atoms with Gasteiger partial charge in [0, 0.05) is 0 Å². The van der Waals surface area contributed by atoms with Crippen molar-refractivity contribution in [2.75, 3.05) is 0 Å². The molecule has 0 aromatic heterocycles. The number of aliphatic hydroxyl groups excluding tert-OH is 1. The monoisotopic (exact) mass is 224 g/mol. The summed E-state index contributed by atoms with van der Waals surface area (Å²) in [7, 11) is 0. The molecule has 0 unspecified atom stereocenters. The van der Waals surface area contributed by atoms with Crippen LogP contribution in [-0.4, -0.2) is 27.9 Å². The predicted molar refractivity (Wildman–Crippen MR) is 58.5 cm³/mol. The van der Waals surface area contributed by atoms with E-state index in [-0.39, 0.29) is 6.61 Å². The maximum absolute atomic E-state index is 11.3. The predicted octanol–water partition coefficient (Wildman–Crippen LogP) is 0.862. The van der Waals surface area contributed by atoms with Crippen LogP contribution in [0, 0.1) is 0 Å². The van der Waals surface area contributed by atoms with Gasteiger partial charge in [0.2, 0.25) is 0 Å². The van der Waals surface area contributed by atoms with Gasteiger partial charge in [0.25, 0.3) is 0 Å². The molecule has 1 aromatic rings. The molecule has 0 bridgehead atoms. The number of aliphatic hydroxyl groups is 2. The van der Waals surface area contributed by atoms with Gasteiger partial charge in [0.1, 0.15) is 6.61 Å². The summed E-state index contributed by atoms with van der Waals surface area (Å²) in [6.45, 7) is 2.79. The summed E-state index contributed by atoms with van der Waals surface area (Å²) >= 11 is 0. The average molecular weight is 224 g/mol. The van der Waals surface area contributed by atoms with Gasteiger partial charge in [-0.25, -0.2) is 4.79 Å². The van der Waals surface area contributed by atoms with E-state index in [0.717, 1.165) is 5.56 Å². The Morgan fingerprint density at radius 2 is 1.94 bits per heavy atom. The molecule has 0 amide bonds. The number of ether oxygens (including phenoxy) is 1. The smallest absolute Gasteiger partial charge is 0.338 e. The van der Waals surface area contributed by atoms with Crippen molar-refractivity contribution >= 4 is 5.97 Å². The van der Waals surface area contributed by atoms with E-state index < -0.39 is 17.7 Å². The lowest BCUT2D eigenvalue weighted by Gasteiger charge is -2.22. The molecule has 0 fully saturated rings. The molecule has 1 rings (SSSR count). The number of carbonyl (C=O) groups is 1. The van der Waals surface area contributed by atoms with Crippen LogP contribution in [0.15, 0.2) is 30.3 Å². The third-order valence-corrected chi connectivity index (χ3v) is 2.12. The minimum atomic E-state index is -1.53. The highest BCUT2D eigenvalue weighted by Crippen LogP contribution is 2.11. The summed E-state index contributed by atoms with van der Waals surface area (Å²) in [6, 6.07) is 9.13. The van der Waals surface area contributed by atoms with E-state index in [2.05, 4.69) is 0 Å². The van der Waals surface area contributed by atoms with Crippen LogP contribution in [0.25, 0.3) is 0 Å². The van der Waals surface area contributed by atoms with E-state index in [0.29, 0.717) is 0 Å². The minimum absolute atomic E-state index is 0.0901. The molecule has 1 atom stereocenters. The van der Waals surface area contributed by atoms with E-state index in [9.17, 15) is 15.0 Å². The fourth-order valence-electron chi connectivity index (χ4n) is 1.10. The number of esters is 1. The van der Waals surface area contributed by atoms with Gasteiger partial charge in [-0.3, -0.25) is 0 Å². The molecule has 0 aliphatic heterocycles. The Morgan fingerprint density at radius 1 is 1.38 bits per heavy atom. The Morgan fingerprint density at radius 3 is 2.44 bits per heavy atom. The molecule has 16 heavy (non-hydrogen) atoms. The Hall–Kier alpha value is -1.39. The van der Waals surface area contributed by atoms with E-state index in [1.165, 1.54) is 13.8 Å². The zero-order valence-electron chi connectivity index (χ0n) is 9.38. The van der Waals surface area contributed by atoms with Crippen LogP contribution in [0.4, 0.5) is 0 Å². The number of benzene rings is 1. The van der Waals surface area contributed by atoms with Crippen molar-refractivity contribution in [2.24, 2.45) is 0 Å². The first-order valence-corrected chi connectivity index (χ1v) is 5.02. The number of hydrogen-bond donors (Lipinski definition) is 2. The molecular weight excluding hydrogens is 208 g/mol. The van der Waals surface area contributed by atoms with Crippen molar-refractivity contribution in [1.82, 2.24) is 0 Å². The largest absolute Gasteiger partial charge is 0.459 e. The molecule has 2 N–H and O–H groups in total. The third kappa shape index (κ3) is 3.64. The van der Waals surface area contributed by atoms with Crippen molar-refractivity contribution in [3.63, 3.8) is 0 Å². The molecule has 0 aliphatic carbocycles. The van der Waals surface area contributed by atoms with Crippen LogP contribution in [0.2, 0.25) is 0 Å². The summed E-state index contributed by atoms with van der Waals surface area (Å²) in [6.07, 6.45) is -1.53. The second-order valence-electron chi connectivity index (χ2n) is 4.15. The van der Waals surface area contributed by atoms with Crippen LogP contribution >= 0.6 is 0 Å². The van der Waals surface area contributed by atoms with Crippen LogP contribution < -0.4 is 0 Å². The Kier molecular flexibility index (Phi) is 4.04. The first-order chi connectivity index (χ1) is 7.41. The molecule has 0 spiro atoms. The zero-order valence-corrected chi connectivity index (χ0v) is 9.38. The fourth-order valence-corrected chi connectivity index (χ4v) is 1.10. The van der Waals surface area contributed by atoms with Crippen LogP contribution in [0.3, 0.4) is 0 Å². The van der Waals surface area contributed by atoms with E-state index >= 15 is 0 Å². The first kappa shape index (κ1) is 12.7. The summed E-state index contributed by atoms with van der Waals surface area (Å²) in [4.78, 5) is 11.3. The second-order valence-corrected chi connectivity index (χ2v) is 4.15. The Bertz CT molecular complexity index is 340. The van der Waals surface area contributed by atoms with Gasteiger partial charge < -0.3 is 14.9 Å². The van der Waals surface area contributed by atoms with Gasteiger partial charge in [0.15, 0.2) is 6.10 Å². The summed E-state index contributed by atoms with van der Waals surface area (Å²) in [5.41, 5.74) is -0.660. The van der Waals surface area contributed by atoms with Crippen molar-refractivity contribution < 1.29 is 19.7 Å². The van der Waals surface area contributed by atoms with Gasteiger partial charge in [-0.05, 0) is 19.4 Å². The van der Waals surface area contributed by atoms with Crippen LogP contribution in [0.1, 0.15) is 19.4 Å². The molecule has 0 radical (unpaired) electrons. The van der Waals surface area contributed by atoms with Crippen LogP contribution in [0.5, 0.6) is 0 Å². The topological polar surface area (TPSA) is 66.8 Å². The first-order valence-electron chi connectivity index (χ1n) is 5.02. The van der Waals surface area contributed by atoms with Crippen LogP contribution in [-0.2, 0) is 16.1 Å². The highest BCUT2D eigenvalue weighted by molar-refractivity contribution is 5.75. The molecule has 0 saturated carbocycles. The van der Waals surface area contributed by atoms with Crippen molar-refractivity contribution in [2.45, 2.75) is 32.2 Å². The third-order valence-electron chi connectivity index (χ3n) is 2.12. The molecule has 4 nitrogen and oxygen atoms in total. The lowest BCUT2D eigenvalue weighted by Crippen LogP contribution is -2.42. The Labute approximate surface area is 94.5 Å². The van der Waals surface area contributed by atoms with Crippen molar-refractivity contribution in [3.8, 4) is 0 Å². The number of hydrogen-bond acceptors (Lipinski definition) is 4. The average Bonchev–Trinajstić information content (AvgIpc) is 2.25. The second kappa shape index (κ2) is 5.09. The molecule has 1 aromatic carbocycles. The summed E-state index contributed by atoms with van der Waals surface area (Å²) in [5, 5.41) is 18.8. The van der Waals surface area contributed by atoms with Gasteiger partial charge in [0.05, 0.1) is 5.60 Å². The zero-order chi connectivity index (χ0) is 12.2. The van der Waals surface area contributed by atoms with Gasteiger partial charge in [-0.15, -0.1) is 0 Å². The maximum Gasteiger partial charge on any atom is 0.338 e. The molecule has 0 aliphatic rings. The van der Waals surface area contributed by atoms with E-state index in [4.69, 9.17) is 4.74 Å². The minimum Gasteiger partial charge on any atom is -0.459 e. The molecule has 0 heterocycles. The Balaban J connectivity index is 2.48. The molecule has 4 heteroatoms. The number of carbonyl (C=O) groups excluding carboxylic acids is 1. The number of rotatable bonds is 4. The van der Waals surface area contributed by atoms with Gasteiger partial charge in [-0.1, -0.05) is 30.3 Å². The SMILES string of the molecule is CC(C)(O)[C@@H](O)C(=O)OCc1ccccc1. The standard InChI is InChI=1S/C12H16O4/c1-12(2,15)10(13)11(14)16-8-9-6-4-3-5-7-9/h3-7,10,13,15H,8H2,1-2H3/t10-/m0/s1. The lowest BCUT2D eigenvalue weighted by molar-refractivity contribution is -0.167. The molecule has 0 saturated heterocycles. The maximum atomic E-state index is 11.3. The quantitative estimate of drug-likeness (QED) is 0.744.